The van der Waals surface area contributed by atoms with E-state index in [0.717, 1.165) is 25.2 Å². The molecule has 1 amide bonds. The van der Waals surface area contributed by atoms with Crippen LogP contribution in [-0.4, -0.2) is 65.9 Å². The number of aliphatic hydroxyl groups excluding tert-OH is 1. The number of carbonyl (C=O) groups excluding carboxylic acids is 1. The largest absolute Gasteiger partial charge is 0.390 e. The molecule has 1 saturated heterocycles. The predicted molar refractivity (Wildman–Crippen MR) is 106 cm³/mol. The minimum absolute atomic E-state index is 0.213. The molecule has 1 aromatic carbocycles. The van der Waals surface area contributed by atoms with Gasteiger partial charge in [-0.05, 0) is 23.6 Å². The summed E-state index contributed by atoms with van der Waals surface area (Å²) in [5.74, 6) is -0.232. The Morgan fingerprint density at radius 2 is 2.11 bits per heavy atom. The van der Waals surface area contributed by atoms with Gasteiger partial charge in [0, 0.05) is 38.6 Å². The molecule has 2 aromatic rings. The molecule has 4 rings (SSSR count). The third-order valence-electron chi connectivity index (χ3n) is 5.19. The summed E-state index contributed by atoms with van der Waals surface area (Å²) in [6, 6.07) is 10.5. The van der Waals surface area contributed by atoms with Crippen molar-refractivity contribution in [1.82, 2.24) is 15.2 Å². The Balaban J connectivity index is 1.25. The first-order chi connectivity index (χ1) is 13.7. The van der Waals surface area contributed by atoms with Gasteiger partial charge in [-0.2, -0.15) is 0 Å². The highest BCUT2D eigenvalue weighted by atomic mass is 16.5. The Morgan fingerprint density at radius 1 is 1.29 bits per heavy atom. The molecule has 7 nitrogen and oxygen atoms in total. The van der Waals surface area contributed by atoms with Gasteiger partial charge in [0.25, 0.3) is 5.91 Å². The summed E-state index contributed by atoms with van der Waals surface area (Å²) in [6.07, 6.45) is 3.60. The number of ether oxygens (including phenoxy) is 1. The van der Waals surface area contributed by atoms with Gasteiger partial charge in [-0.15, -0.1) is 0 Å². The van der Waals surface area contributed by atoms with E-state index in [2.05, 4.69) is 38.7 Å². The van der Waals surface area contributed by atoms with Crippen LogP contribution >= 0.6 is 0 Å². The van der Waals surface area contributed by atoms with Gasteiger partial charge in [0.05, 0.1) is 36.6 Å². The van der Waals surface area contributed by atoms with Crippen LogP contribution in [0.1, 0.15) is 21.5 Å². The van der Waals surface area contributed by atoms with Crippen molar-refractivity contribution in [3.05, 3.63) is 59.4 Å². The third-order valence-corrected chi connectivity index (χ3v) is 5.19. The van der Waals surface area contributed by atoms with Gasteiger partial charge in [-0.1, -0.05) is 24.3 Å². The van der Waals surface area contributed by atoms with Crippen molar-refractivity contribution in [3.8, 4) is 0 Å². The fraction of sp³-hybridized carbons (Fsp3) is 0.429. The molecule has 7 heteroatoms. The van der Waals surface area contributed by atoms with Gasteiger partial charge in [0.15, 0.2) is 0 Å². The summed E-state index contributed by atoms with van der Waals surface area (Å²) < 4.78 is 5.14. The highest BCUT2D eigenvalue weighted by Crippen LogP contribution is 2.18. The summed E-state index contributed by atoms with van der Waals surface area (Å²) in [5, 5.41) is 16.4. The molecular formula is C21H26N4O3. The van der Waals surface area contributed by atoms with Gasteiger partial charge in [0.2, 0.25) is 0 Å². The average Bonchev–Trinajstić information content (AvgIpc) is 2.69. The number of anilines is 1. The van der Waals surface area contributed by atoms with Crippen LogP contribution in [0.2, 0.25) is 0 Å². The Hall–Kier alpha value is -2.48. The number of rotatable bonds is 7. The number of β-amino-alcohol motifs (C(OH)–C–C–N with tert-alkyl or cyclic N) is 1. The standard InChI is InChI=1S/C21H26N4O3/c26-20(12-25-6-5-15-3-1-2-4-16(15)11-25)10-23-21(27)17-7-18(9-22-8-17)24-19-13-28-14-19/h1-4,7-9,19-20,24,26H,5-6,10-14H2,(H,23,27)/t20-/m0/s1. The van der Waals surface area contributed by atoms with Crippen LogP contribution in [0.3, 0.4) is 0 Å². The second-order valence-electron chi connectivity index (χ2n) is 7.46. The molecule has 0 spiro atoms. The second-order valence-corrected chi connectivity index (χ2v) is 7.46. The Bertz CT molecular complexity index is 825. The first-order valence-corrected chi connectivity index (χ1v) is 9.72. The minimum Gasteiger partial charge on any atom is -0.390 e. The van der Waals surface area contributed by atoms with E-state index in [-0.39, 0.29) is 18.5 Å². The van der Waals surface area contributed by atoms with E-state index >= 15 is 0 Å². The number of fused-ring (bicyclic) bond motifs is 1. The van der Waals surface area contributed by atoms with E-state index < -0.39 is 6.10 Å². The molecule has 1 fully saturated rings. The van der Waals surface area contributed by atoms with E-state index in [1.807, 2.05) is 6.07 Å². The van der Waals surface area contributed by atoms with Gasteiger partial charge < -0.3 is 20.5 Å². The van der Waals surface area contributed by atoms with Crippen molar-refractivity contribution in [1.29, 1.82) is 0 Å². The molecule has 0 bridgehead atoms. The second kappa shape index (κ2) is 8.68. The fourth-order valence-electron chi connectivity index (χ4n) is 3.58. The van der Waals surface area contributed by atoms with E-state index in [1.54, 1.807) is 12.3 Å². The molecule has 0 unspecified atom stereocenters. The first-order valence-electron chi connectivity index (χ1n) is 9.72. The molecule has 0 radical (unpaired) electrons. The van der Waals surface area contributed by atoms with E-state index in [1.165, 1.54) is 17.3 Å². The van der Waals surface area contributed by atoms with Gasteiger partial charge in [-0.3, -0.25) is 14.7 Å². The van der Waals surface area contributed by atoms with Crippen LogP contribution in [0.4, 0.5) is 5.69 Å². The van der Waals surface area contributed by atoms with Gasteiger partial charge >= 0.3 is 0 Å². The van der Waals surface area contributed by atoms with Crippen molar-refractivity contribution in [2.75, 3.05) is 38.2 Å². The third kappa shape index (κ3) is 4.67. The Labute approximate surface area is 164 Å². The van der Waals surface area contributed by atoms with Crippen molar-refractivity contribution in [2.45, 2.75) is 25.1 Å². The lowest BCUT2D eigenvalue weighted by Gasteiger charge is -2.30. The monoisotopic (exact) mass is 382 g/mol. The lowest BCUT2D eigenvalue weighted by molar-refractivity contribution is 0.0211. The van der Waals surface area contributed by atoms with E-state index in [4.69, 9.17) is 4.74 Å². The number of amides is 1. The number of nitrogens with zero attached hydrogens (tertiary/aromatic N) is 2. The average molecular weight is 382 g/mol. The number of pyridine rings is 1. The number of hydrogen-bond donors (Lipinski definition) is 3. The molecule has 2 aliphatic heterocycles. The smallest absolute Gasteiger partial charge is 0.253 e. The van der Waals surface area contributed by atoms with Gasteiger partial charge in [-0.25, -0.2) is 0 Å². The van der Waals surface area contributed by atoms with Crippen molar-refractivity contribution < 1.29 is 14.6 Å². The Morgan fingerprint density at radius 3 is 2.89 bits per heavy atom. The van der Waals surface area contributed by atoms with Crippen LogP contribution in [0.5, 0.6) is 0 Å². The van der Waals surface area contributed by atoms with Crippen molar-refractivity contribution in [2.24, 2.45) is 0 Å². The normalized spacial score (nSPS) is 18.0. The summed E-state index contributed by atoms with van der Waals surface area (Å²) in [4.78, 5) is 18.8. The zero-order valence-corrected chi connectivity index (χ0v) is 15.8. The van der Waals surface area contributed by atoms with Crippen LogP contribution < -0.4 is 10.6 Å². The number of carbonyl (C=O) groups is 1. The van der Waals surface area contributed by atoms with Crippen LogP contribution in [0.15, 0.2) is 42.7 Å². The summed E-state index contributed by atoms with van der Waals surface area (Å²) >= 11 is 0. The van der Waals surface area contributed by atoms with E-state index in [9.17, 15) is 9.90 Å². The molecule has 0 saturated carbocycles. The maximum absolute atomic E-state index is 12.4. The summed E-state index contributed by atoms with van der Waals surface area (Å²) in [7, 11) is 0. The quantitative estimate of drug-likeness (QED) is 0.663. The van der Waals surface area contributed by atoms with Crippen molar-refractivity contribution in [3.63, 3.8) is 0 Å². The zero-order chi connectivity index (χ0) is 19.3. The molecule has 0 aliphatic carbocycles. The number of nitrogens with one attached hydrogen (secondary N) is 2. The highest BCUT2D eigenvalue weighted by molar-refractivity contribution is 5.94. The fourth-order valence-corrected chi connectivity index (χ4v) is 3.58. The summed E-state index contributed by atoms with van der Waals surface area (Å²) in [6.45, 7) is 3.85. The highest BCUT2D eigenvalue weighted by Gasteiger charge is 2.20. The SMILES string of the molecule is O=C(NC[C@H](O)CN1CCc2ccccc2C1)c1cncc(NC2COC2)c1. The molecule has 3 N–H and O–H groups in total. The maximum Gasteiger partial charge on any atom is 0.253 e. The Kier molecular flexibility index (Phi) is 5.85. The number of benzene rings is 1. The zero-order valence-electron chi connectivity index (χ0n) is 15.8. The molecule has 1 aromatic heterocycles. The van der Waals surface area contributed by atoms with Crippen LogP contribution in [0, 0.1) is 0 Å². The number of aliphatic hydroxyl groups is 1. The minimum atomic E-state index is -0.615. The molecule has 28 heavy (non-hydrogen) atoms. The van der Waals surface area contributed by atoms with Gasteiger partial charge in [0.1, 0.15) is 0 Å². The molecule has 1 atom stereocenters. The lowest BCUT2D eigenvalue weighted by atomic mass is 10.00. The first kappa shape index (κ1) is 18.9. The van der Waals surface area contributed by atoms with E-state index in [0.29, 0.717) is 25.3 Å². The number of aromatic nitrogens is 1. The number of hydrogen-bond acceptors (Lipinski definition) is 6. The topological polar surface area (TPSA) is 86.7 Å². The molecule has 2 aliphatic rings. The lowest BCUT2D eigenvalue weighted by Crippen LogP contribution is -2.42. The van der Waals surface area contributed by atoms with Crippen LogP contribution in [-0.2, 0) is 17.7 Å². The summed E-state index contributed by atoms with van der Waals surface area (Å²) in [5.41, 5.74) is 3.98. The molecule has 3 heterocycles. The van der Waals surface area contributed by atoms with Crippen molar-refractivity contribution >= 4 is 11.6 Å². The van der Waals surface area contributed by atoms with Crippen LogP contribution in [0.25, 0.3) is 0 Å². The predicted octanol–water partition coefficient (Wildman–Crippen LogP) is 1.04. The molecule has 148 valence electrons. The maximum atomic E-state index is 12.4. The molecular weight excluding hydrogens is 356 g/mol.